The first-order chi connectivity index (χ1) is 16.7. The molecule has 1 aromatic heterocycles. The van der Waals surface area contributed by atoms with E-state index in [-0.39, 0.29) is 18.4 Å². The molecule has 2 aliphatic rings. The zero-order valence-electron chi connectivity index (χ0n) is 21.6. The summed E-state index contributed by atoms with van der Waals surface area (Å²) in [5.74, 6) is -0.700. The molecule has 0 radical (unpaired) electrons. The van der Waals surface area contributed by atoms with Crippen LogP contribution in [0.25, 0.3) is 0 Å². The van der Waals surface area contributed by atoms with E-state index in [4.69, 9.17) is 9.47 Å². The number of aromatic nitrogens is 1. The van der Waals surface area contributed by atoms with Gasteiger partial charge in [0.05, 0.1) is 18.8 Å². The summed E-state index contributed by atoms with van der Waals surface area (Å²) in [5.41, 5.74) is -1.16. The maximum Gasteiger partial charge on any atom is 0.410 e. The second-order valence-electron chi connectivity index (χ2n) is 11.0. The van der Waals surface area contributed by atoms with Crippen LogP contribution < -0.4 is 10.3 Å². The van der Waals surface area contributed by atoms with Gasteiger partial charge in [0.2, 0.25) is 0 Å². The number of hydrogen-bond donors (Lipinski definition) is 3. The molecule has 9 nitrogen and oxygen atoms in total. The summed E-state index contributed by atoms with van der Waals surface area (Å²) < 4.78 is 11.1. The number of nitrogens with one attached hydrogen (secondary N) is 1. The fraction of sp³-hybridized carbons (Fsp3) is 0.519. The summed E-state index contributed by atoms with van der Waals surface area (Å²) in [7, 11) is 1.58. The number of aryl methyl sites for hydroxylation is 1. The van der Waals surface area contributed by atoms with E-state index in [0.29, 0.717) is 30.0 Å². The molecule has 1 aliphatic carbocycles. The summed E-state index contributed by atoms with van der Waals surface area (Å²) in [6.07, 6.45) is 0.215. The van der Waals surface area contributed by atoms with Crippen molar-refractivity contribution >= 4 is 12.1 Å². The van der Waals surface area contributed by atoms with Crippen LogP contribution in [0.5, 0.6) is 5.75 Å². The lowest BCUT2D eigenvalue weighted by molar-refractivity contribution is -0.136. The summed E-state index contributed by atoms with van der Waals surface area (Å²) in [6, 6.07) is 6.37. The number of pyridine rings is 1. The Bertz CT molecular complexity index is 1280. The maximum absolute atomic E-state index is 13.1. The molecule has 2 aromatic rings. The van der Waals surface area contributed by atoms with E-state index in [1.54, 1.807) is 39.7 Å². The van der Waals surface area contributed by atoms with Crippen molar-refractivity contribution in [1.29, 1.82) is 0 Å². The van der Waals surface area contributed by atoms with Crippen LogP contribution in [0.15, 0.2) is 29.1 Å². The third-order valence-corrected chi connectivity index (χ3v) is 7.74. The first kappa shape index (κ1) is 25.8. The van der Waals surface area contributed by atoms with Gasteiger partial charge in [-0.15, -0.1) is 0 Å². The molecule has 194 valence electrons. The first-order valence-electron chi connectivity index (χ1n) is 12.1. The number of rotatable bonds is 3. The smallest absolute Gasteiger partial charge is 0.410 e. The van der Waals surface area contributed by atoms with Crippen molar-refractivity contribution in [2.24, 2.45) is 0 Å². The highest BCUT2D eigenvalue weighted by Gasteiger charge is 2.62. The van der Waals surface area contributed by atoms with Crippen molar-refractivity contribution in [3.05, 3.63) is 62.6 Å². The van der Waals surface area contributed by atoms with Gasteiger partial charge in [0.15, 0.2) is 0 Å². The van der Waals surface area contributed by atoms with Gasteiger partial charge in [-0.1, -0.05) is 6.07 Å². The SMILES string of the molecule is COc1ccc(C)c([C@]23CCN(C(=O)OC(C)(C)C)[C@H](C)[C@]2(O)Cc2cc(C(=O)O)c(=O)[nH]c2C3)c1. The lowest BCUT2D eigenvalue weighted by Gasteiger charge is -2.60. The van der Waals surface area contributed by atoms with E-state index in [0.717, 1.165) is 11.1 Å². The number of nitrogens with zero attached hydrogens (tertiary/aromatic N) is 1. The number of carboxylic acid groups (broad SMARTS) is 1. The van der Waals surface area contributed by atoms with Crippen LogP contribution in [0.1, 0.15) is 66.9 Å². The molecule has 0 spiro atoms. The van der Waals surface area contributed by atoms with Crippen molar-refractivity contribution in [3.63, 3.8) is 0 Å². The van der Waals surface area contributed by atoms with Crippen molar-refractivity contribution in [2.45, 2.75) is 76.5 Å². The lowest BCUT2D eigenvalue weighted by Crippen LogP contribution is -2.72. The van der Waals surface area contributed by atoms with Crippen LogP contribution >= 0.6 is 0 Å². The number of aliphatic hydroxyl groups is 1. The third kappa shape index (κ3) is 4.05. The van der Waals surface area contributed by atoms with Gasteiger partial charge in [-0.3, -0.25) is 4.79 Å². The Morgan fingerprint density at radius 2 is 1.89 bits per heavy atom. The molecule has 4 rings (SSSR count). The number of H-pyrrole nitrogens is 1. The Kier molecular flexibility index (Phi) is 6.19. The van der Waals surface area contributed by atoms with E-state index < -0.39 is 40.3 Å². The summed E-state index contributed by atoms with van der Waals surface area (Å²) >= 11 is 0. The van der Waals surface area contributed by atoms with Gasteiger partial charge in [-0.2, -0.15) is 0 Å². The molecule has 2 heterocycles. The van der Waals surface area contributed by atoms with Crippen molar-refractivity contribution in [3.8, 4) is 5.75 Å². The molecule has 0 bridgehead atoms. The molecule has 1 aliphatic heterocycles. The highest BCUT2D eigenvalue weighted by Crippen LogP contribution is 2.53. The Morgan fingerprint density at radius 1 is 1.19 bits per heavy atom. The van der Waals surface area contributed by atoms with E-state index in [1.165, 1.54) is 6.07 Å². The van der Waals surface area contributed by atoms with E-state index in [2.05, 4.69) is 4.98 Å². The van der Waals surface area contributed by atoms with Gasteiger partial charge in [0.1, 0.15) is 16.9 Å². The number of fused-ring (bicyclic) bond motifs is 2. The number of hydrogen-bond acceptors (Lipinski definition) is 6. The Balaban J connectivity index is 1.92. The number of methoxy groups -OCH3 is 1. The van der Waals surface area contributed by atoms with Crippen molar-refractivity contribution in [2.75, 3.05) is 13.7 Å². The number of amides is 1. The van der Waals surface area contributed by atoms with Crippen LogP contribution in [0.3, 0.4) is 0 Å². The summed E-state index contributed by atoms with van der Waals surface area (Å²) in [4.78, 5) is 41.6. The van der Waals surface area contributed by atoms with Gasteiger partial charge >= 0.3 is 12.1 Å². The maximum atomic E-state index is 13.1. The van der Waals surface area contributed by atoms with E-state index in [1.807, 2.05) is 25.1 Å². The molecule has 1 fully saturated rings. The first-order valence-corrected chi connectivity index (χ1v) is 12.1. The molecule has 3 N–H and O–H groups in total. The van der Waals surface area contributed by atoms with Crippen molar-refractivity contribution < 1.29 is 29.3 Å². The van der Waals surface area contributed by atoms with Crippen LogP contribution in [0.4, 0.5) is 4.79 Å². The van der Waals surface area contributed by atoms with Crippen LogP contribution in [-0.2, 0) is 23.0 Å². The number of ether oxygens (including phenoxy) is 2. The molecule has 0 unspecified atom stereocenters. The molecular weight excluding hydrogens is 464 g/mol. The Labute approximate surface area is 210 Å². The van der Waals surface area contributed by atoms with E-state index >= 15 is 0 Å². The topological polar surface area (TPSA) is 129 Å². The zero-order valence-corrected chi connectivity index (χ0v) is 21.6. The third-order valence-electron chi connectivity index (χ3n) is 7.74. The minimum atomic E-state index is -1.49. The predicted octanol–water partition coefficient (Wildman–Crippen LogP) is 3.19. The summed E-state index contributed by atoms with van der Waals surface area (Å²) in [6.45, 7) is 9.46. The fourth-order valence-electron chi connectivity index (χ4n) is 5.89. The average Bonchev–Trinajstić information content (AvgIpc) is 2.77. The second-order valence-corrected chi connectivity index (χ2v) is 11.0. The molecule has 3 atom stereocenters. The molecule has 0 saturated carbocycles. The Hall–Kier alpha value is -3.33. The molecular formula is C27H34N2O7. The number of carbonyl (C=O) groups excluding carboxylic acids is 1. The lowest BCUT2D eigenvalue weighted by atomic mass is 9.53. The molecule has 1 saturated heterocycles. The highest BCUT2D eigenvalue weighted by atomic mass is 16.6. The van der Waals surface area contributed by atoms with Gasteiger partial charge in [-0.25, -0.2) is 9.59 Å². The quantitative estimate of drug-likeness (QED) is 0.593. The minimum absolute atomic E-state index is 0.0521. The largest absolute Gasteiger partial charge is 0.497 e. The number of likely N-dealkylation sites (tertiary alicyclic amines) is 1. The molecule has 36 heavy (non-hydrogen) atoms. The second kappa shape index (κ2) is 8.65. The predicted molar refractivity (Wildman–Crippen MR) is 133 cm³/mol. The number of piperidine rings is 1. The normalized spacial score (nSPS) is 25.5. The van der Waals surface area contributed by atoms with Gasteiger partial charge in [-0.05, 0) is 75.9 Å². The van der Waals surface area contributed by atoms with Gasteiger partial charge in [0.25, 0.3) is 5.56 Å². The minimum Gasteiger partial charge on any atom is -0.497 e. The number of benzene rings is 1. The van der Waals surface area contributed by atoms with Gasteiger partial charge < -0.3 is 29.6 Å². The van der Waals surface area contributed by atoms with E-state index in [9.17, 15) is 24.6 Å². The van der Waals surface area contributed by atoms with Gasteiger partial charge in [0, 0.05) is 30.5 Å². The van der Waals surface area contributed by atoms with Crippen LogP contribution in [0, 0.1) is 6.92 Å². The monoisotopic (exact) mass is 498 g/mol. The summed E-state index contributed by atoms with van der Waals surface area (Å²) in [5, 5.41) is 22.1. The van der Waals surface area contributed by atoms with Crippen molar-refractivity contribution in [1.82, 2.24) is 9.88 Å². The zero-order chi connectivity index (χ0) is 26.6. The fourth-order valence-corrected chi connectivity index (χ4v) is 5.89. The average molecular weight is 499 g/mol. The number of carboxylic acids is 1. The van der Waals surface area contributed by atoms with Crippen LogP contribution in [0.2, 0.25) is 0 Å². The number of aromatic amines is 1. The molecule has 1 amide bonds. The highest BCUT2D eigenvalue weighted by molar-refractivity contribution is 5.87. The Morgan fingerprint density at radius 3 is 2.50 bits per heavy atom. The van der Waals surface area contributed by atoms with Crippen LogP contribution in [-0.4, -0.2) is 63.1 Å². The molecule has 1 aromatic carbocycles. The number of carbonyl (C=O) groups is 2. The molecule has 9 heteroatoms. The standard InChI is InChI=1S/C27H34N2O7/c1-15-7-8-18(35-6)12-20(15)26-9-10-29(24(33)36-25(3,4)5)16(2)27(26,34)13-17-11-19(23(31)32)22(30)28-21(17)14-26/h7-8,11-12,16,34H,9-10,13-14H2,1-6H3,(H,28,30)(H,31,32)/t16-,26-,27-/m1/s1. The number of aromatic carboxylic acids is 1.